The van der Waals surface area contributed by atoms with Gasteiger partial charge >= 0.3 is 0 Å². The first-order valence-corrected chi connectivity index (χ1v) is 7.20. The minimum Gasteiger partial charge on any atom is -0.493 e. The van der Waals surface area contributed by atoms with E-state index in [2.05, 4.69) is 6.92 Å². The maximum Gasteiger partial charge on any atom is 0.125 e. The van der Waals surface area contributed by atoms with Crippen molar-refractivity contribution >= 4 is 17.1 Å². The van der Waals surface area contributed by atoms with Gasteiger partial charge in [0, 0.05) is 35.7 Å². The van der Waals surface area contributed by atoms with Gasteiger partial charge in [-0.15, -0.1) is 0 Å². The Balaban J connectivity index is 2.35. The highest BCUT2D eigenvalue weighted by Crippen LogP contribution is 2.31. The molecule has 0 spiro atoms. The SMILES string of the molecule is CCCOc1cc(N)cc(N(CC)c2cccc(F)c2)c1. The molecule has 0 aliphatic rings. The van der Waals surface area contributed by atoms with Gasteiger partial charge in [-0.05, 0) is 37.6 Å². The molecule has 0 aliphatic carbocycles. The molecule has 2 rings (SSSR count). The van der Waals surface area contributed by atoms with E-state index in [0.717, 1.165) is 23.5 Å². The van der Waals surface area contributed by atoms with Crippen LogP contribution in [0.1, 0.15) is 20.3 Å². The zero-order valence-electron chi connectivity index (χ0n) is 12.5. The number of halogens is 1. The van der Waals surface area contributed by atoms with Crippen LogP contribution in [-0.4, -0.2) is 13.2 Å². The summed E-state index contributed by atoms with van der Waals surface area (Å²) in [6.07, 6.45) is 0.936. The smallest absolute Gasteiger partial charge is 0.125 e. The first kappa shape index (κ1) is 15.2. The Morgan fingerprint density at radius 2 is 1.90 bits per heavy atom. The van der Waals surface area contributed by atoms with E-state index >= 15 is 0 Å². The summed E-state index contributed by atoms with van der Waals surface area (Å²) in [6, 6.07) is 12.1. The summed E-state index contributed by atoms with van der Waals surface area (Å²) in [6.45, 7) is 5.42. The van der Waals surface area contributed by atoms with Crippen LogP contribution >= 0.6 is 0 Å². The van der Waals surface area contributed by atoms with Gasteiger partial charge in [0.1, 0.15) is 11.6 Å². The number of hydrogen-bond acceptors (Lipinski definition) is 3. The third-order valence-electron chi connectivity index (χ3n) is 3.13. The summed E-state index contributed by atoms with van der Waals surface area (Å²) in [5.41, 5.74) is 8.28. The lowest BCUT2D eigenvalue weighted by molar-refractivity contribution is 0.317. The van der Waals surface area contributed by atoms with Crippen LogP contribution in [0.4, 0.5) is 21.5 Å². The summed E-state index contributed by atoms with van der Waals surface area (Å²) in [5.74, 6) is 0.485. The summed E-state index contributed by atoms with van der Waals surface area (Å²) in [4.78, 5) is 2.00. The molecule has 0 amide bonds. The van der Waals surface area contributed by atoms with Crippen LogP contribution in [0.15, 0.2) is 42.5 Å². The molecular weight excluding hydrogens is 267 g/mol. The van der Waals surface area contributed by atoms with Crippen LogP contribution in [-0.2, 0) is 0 Å². The average molecular weight is 288 g/mol. The summed E-state index contributed by atoms with van der Waals surface area (Å²) >= 11 is 0. The molecule has 0 bridgehead atoms. The predicted octanol–water partition coefficient (Wildman–Crippen LogP) is 4.35. The fourth-order valence-corrected chi connectivity index (χ4v) is 2.22. The van der Waals surface area contributed by atoms with Crippen LogP contribution in [0.25, 0.3) is 0 Å². The Bertz CT molecular complexity index is 601. The van der Waals surface area contributed by atoms with Crippen molar-refractivity contribution in [2.45, 2.75) is 20.3 Å². The van der Waals surface area contributed by atoms with Crippen molar-refractivity contribution < 1.29 is 9.13 Å². The lowest BCUT2D eigenvalue weighted by Gasteiger charge is -2.24. The van der Waals surface area contributed by atoms with Gasteiger partial charge < -0.3 is 15.4 Å². The molecule has 4 heteroatoms. The second-order valence-corrected chi connectivity index (χ2v) is 4.83. The van der Waals surface area contributed by atoms with Gasteiger partial charge in [0.15, 0.2) is 0 Å². The largest absolute Gasteiger partial charge is 0.493 e. The number of nitrogens with zero attached hydrogens (tertiary/aromatic N) is 1. The number of hydrogen-bond donors (Lipinski definition) is 1. The molecule has 0 saturated heterocycles. The van der Waals surface area contributed by atoms with Crippen LogP contribution < -0.4 is 15.4 Å². The van der Waals surface area contributed by atoms with Crippen molar-refractivity contribution in [1.82, 2.24) is 0 Å². The van der Waals surface area contributed by atoms with Crippen molar-refractivity contribution in [3.05, 3.63) is 48.3 Å². The van der Waals surface area contributed by atoms with Gasteiger partial charge in [-0.3, -0.25) is 0 Å². The monoisotopic (exact) mass is 288 g/mol. The molecule has 0 fully saturated rings. The summed E-state index contributed by atoms with van der Waals surface area (Å²) in [7, 11) is 0. The molecule has 112 valence electrons. The second kappa shape index (κ2) is 6.97. The zero-order valence-corrected chi connectivity index (χ0v) is 12.5. The molecule has 0 heterocycles. The van der Waals surface area contributed by atoms with Gasteiger partial charge in [-0.2, -0.15) is 0 Å². The molecule has 2 aromatic carbocycles. The molecular formula is C17H21FN2O. The Labute approximate surface area is 125 Å². The van der Waals surface area contributed by atoms with E-state index in [9.17, 15) is 4.39 Å². The second-order valence-electron chi connectivity index (χ2n) is 4.83. The Hall–Kier alpha value is -2.23. The third kappa shape index (κ3) is 3.88. The predicted molar refractivity (Wildman–Crippen MR) is 85.7 cm³/mol. The topological polar surface area (TPSA) is 38.5 Å². The van der Waals surface area contributed by atoms with E-state index in [-0.39, 0.29) is 5.82 Å². The van der Waals surface area contributed by atoms with Gasteiger partial charge in [0.05, 0.1) is 6.61 Å². The van der Waals surface area contributed by atoms with Crippen molar-refractivity contribution in [2.75, 3.05) is 23.8 Å². The van der Waals surface area contributed by atoms with E-state index in [1.165, 1.54) is 12.1 Å². The molecule has 0 aromatic heterocycles. The molecule has 3 nitrogen and oxygen atoms in total. The van der Waals surface area contributed by atoms with Gasteiger partial charge in [-0.25, -0.2) is 4.39 Å². The maximum atomic E-state index is 13.4. The van der Waals surface area contributed by atoms with Crippen LogP contribution in [0.3, 0.4) is 0 Å². The van der Waals surface area contributed by atoms with Gasteiger partial charge in [0.2, 0.25) is 0 Å². The van der Waals surface area contributed by atoms with Gasteiger partial charge in [0.25, 0.3) is 0 Å². The minimum atomic E-state index is -0.252. The average Bonchev–Trinajstić information content (AvgIpc) is 2.45. The standard InChI is InChI=1S/C17H21FN2O/c1-3-8-21-17-11-14(19)10-16(12-17)20(4-2)15-7-5-6-13(18)9-15/h5-7,9-12H,3-4,8,19H2,1-2H3. The van der Waals surface area contributed by atoms with Crippen molar-refractivity contribution in [2.24, 2.45) is 0 Å². The Morgan fingerprint density at radius 3 is 2.57 bits per heavy atom. The summed E-state index contributed by atoms with van der Waals surface area (Å²) < 4.78 is 19.1. The Morgan fingerprint density at radius 1 is 1.10 bits per heavy atom. The fourth-order valence-electron chi connectivity index (χ4n) is 2.22. The highest BCUT2D eigenvalue weighted by molar-refractivity contribution is 5.68. The van der Waals surface area contributed by atoms with E-state index < -0.39 is 0 Å². The number of ether oxygens (including phenoxy) is 1. The van der Waals surface area contributed by atoms with E-state index in [4.69, 9.17) is 10.5 Å². The number of anilines is 3. The molecule has 2 N–H and O–H groups in total. The molecule has 2 aromatic rings. The number of benzene rings is 2. The zero-order chi connectivity index (χ0) is 15.2. The van der Waals surface area contributed by atoms with Gasteiger partial charge in [-0.1, -0.05) is 13.0 Å². The normalized spacial score (nSPS) is 10.4. The van der Waals surface area contributed by atoms with Crippen LogP contribution in [0.2, 0.25) is 0 Å². The lowest BCUT2D eigenvalue weighted by atomic mass is 10.2. The first-order chi connectivity index (χ1) is 10.1. The van der Waals surface area contributed by atoms with Crippen molar-refractivity contribution in [3.63, 3.8) is 0 Å². The molecule has 0 aliphatic heterocycles. The third-order valence-corrected chi connectivity index (χ3v) is 3.13. The van der Waals surface area contributed by atoms with E-state index in [1.807, 2.05) is 30.0 Å². The molecule has 21 heavy (non-hydrogen) atoms. The molecule has 0 radical (unpaired) electrons. The lowest BCUT2D eigenvalue weighted by Crippen LogP contribution is -2.16. The fraction of sp³-hybridized carbons (Fsp3) is 0.294. The van der Waals surface area contributed by atoms with Crippen molar-refractivity contribution in [3.8, 4) is 5.75 Å². The first-order valence-electron chi connectivity index (χ1n) is 7.20. The van der Waals surface area contributed by atoms with E-state index in [1.54, 1.807) is 12.1 Å². The Kier molecular flexibility index (Phi) is 5.04. The molecule has 0 saturated carbocycles. The highest BCUT2D eigenvalue weighted by Gasteiger charge is 2.10. The number of nitrogen functional groups attached to an aromatic ring is 1. The maximum absolute atomic E-state index is 13.4. The van der Waals surface area contributed by atoms with Crippen molar-refractivity contribution in [1.29, 1.82) is 0 Å². The minimum absolute atomic E-state index is 0.252. The van der Waals surface area contributed by atoms with Crippen LogP contribution in [0, 0.1) is 5.82 Å². The highest BCUT2D eigenvalue weighted by atomic mass is 19.1. The quantitative estimate of drug-likeness (QED) is 0.803. The number of nitrogens with two attached hydrogens (primary N) is 1. The summed E-state index contributed by atoms with van der Waals surface area (Å²) in [5, 5.41) is 0. The van der Waals surface area contributed by atoms with Crippen LogP contribution in [0.5, 0.6) is 5.75 Å². The number of rotatable bonds is 6. The molecule has 0 atom stereocenters. The molecule has 0 unspecified atom stereocenters. The van der Waals surface area contributed by atoms with E-state index in [0.29, 0.717) is 18.8 Å².